The van der Waals surface area contributed by atoms with Crippen molar-refractivity contribution in [1.29, 1.82) is 0 Å². The quantitative estimate of drug-likeness (QED) is 0.513. The summed E-state index contributed by atoms with van der Waals surface area (Å²) in [5.74, 6) is -0.775. The van der Waals surface area contributed by atoms with Gasteiger partial charge in [0, 0.05) is 5.39 Å². The first-order valence-corrected chi connectivity index (χ1v) is 9.11. The number of rotatable bonds is 6. The van der Waals surface area contributed by atoms with Gasteiger partial charge in [0.25, 0.3) is 0 Å². The van der Waals surface area contributed by atoms with E-state index in [1.807, 2.05) is 26.0 Å². The largest absolute Gasteiger partial charge is 0.457 e. The van der Waals surface area contributed by atoms with E-state index in [4.69, 9.17) is 9.26 Å². The number of carbonyl (C=O) groups excluding carboxylic acids is 2. The van der Waals surface area contributed by atoms with Gasteiger partial charge in [-0.3, -0.25) is 4.79 Å². The van der Waals surface area contributed by atoms with E-state index in [1.165, 1.54) is 6.08 Å². The van der Waals surface area contributed by atoms with Crippen LogP contribution in [0.4, 0.5) is 5.13 Å². The first-order chi connectivity index (χ1) is 12.9. The van der Waals surface area contributed by atoms with Crippen LogP contribution in [0, 0.1) is 20.8 Å². The van der Waals surface area contributed by atoms with Gasteiger partial charge in [-0.25, -0.2) is 9.78 Å². The summed E-state index contributed by atoms with van der Waals surface area (Å²) in [4.78, 5) is 28.9. The Morgan fingerprint density at radius 2 is 2.11 bits per heavy atom. The van der Waals surface area contributed by atoms with Crippen molar-refractivity contribution in [2.24, 2.45) is 0 Å². The van der Waals surface area contributed by atoms with Crippen molar-refractivity contribution in [2.45, 2.75) is 27.2 Å². The highest BCUT2D eigenvalue weighted by Crippen LogP contribution is 2.26. The maximum Gasteiger partial charge on any atom is 0.350 e. The number of amides is 1. The molecule has 2 heterocycles. The van der Waals surface area contributed by atoms with E-state index in [0.29, 0.717) is 27.0 Å². The van der Waals surface area contributed by atoms with Crippen LogP contribution < -0.4 is 5.32 Å². The molecule has 0 aliphatic rings. The van der Waals surface area contributed by atoms with E-state index in [-0.39, 0.29) is 18.9 Å². The number of aromatic nitrogens is 2. The van der Waals surface area contributed by atoms with Gasteiger partial charge in [0.1, 0.15) is 17.2 Å². The lowest BCUT2D eigenvalue weighted by Crippen LogP contribution is -2.14. The molecular weight excluding hydrogens is 366 g/mol. The summed E-state index contributed by atoms with van der Waals surface area (Å²) in [6.45, 7) is 9.23. The Morgan fingerprint density at radius 1 is 1.33 bits per heavy atom. The number of aryl methyl sites for hydroxylation is 3. The smallest absolute Gasteiger partial charge is 0.350 e. The lowest BCUT2D eigenvalue weighted by atomic mass is 10.1. The molecule has 0 saturated heterocycles. The van der Waals surface area contributed by atoms with Crippen LogP contribution in [0.1, 0.15) is 32.2 Å². The topological polar surface area (TPSA) is 94.3 Å². The van der Waals surface area contributed by atoms with E-state index in [9.17, 15) is 9.59 Å². The van der Waals surface area contributed by atoms with Crippen molar-refractivity contribution < 1.29 is 18.8 Å². The van der Waals surface area contributed by atoms with Gasteiger partial charge in [-0.2, -0.15) is 0 Å². The number of fused-ring (bicyclic) bond motifs is 1. The Kier molecular flexibility index (Phi) is 5.36. The number of anilines is 1. The fraction of sp³-hybridized carbons (Fsp3) is 0.263. The monoisotopic (exact) mass is 385 g/mol. The summed E-state index contributed by atoms with van der Waals surface area (Å²) in [5, 5.41) is 7.89. The van der Waals surface area contributed by atoms with Crippen LogP contribution in [-0.4, -0.2) is 28.6 Å². The zero-order valence-electron chi connectivity index (χ0n) is 15.3. The molecule has 0 fully saturated rings. The highest BCUT2D eigenvalue weighted by molar-refractivity contribution is 7.17. The average Bonchev–Trinajstić information content (AvgIpc) is 3.16. The molecule has 0 aliphatic carbocycles. The number of hydrogen-bond donors (Lipinski definition) is 1. The molecule has 27 heavy (non-hydrogen) atoms. The molecule has 1 N–H and O–H groups in total. The highest BCUT2D eigenvalue weighted by Gasteiger charge is 2.19. The minimum atomic E-state index is -0.487. The third-order valence-corrected chi connectivity index (χ3v) is 4.92. The number of carbonyl (C=O) groups is 2. The second kappa shape index (κ2) is 7.71. The molecule has 1 amide bonds. The number of hydrogen-bond acceptors (Lipinski definition) is 7. The van der Waals surface area contributed by atoms with Crippen LogP contribution in [0.2, 0.25) is 0 Å². The second-order valence-corrected chi connectivity index (χ2v) is 7.13. The Hall–Kier alpha value is -3.00. The van der Waals surface area contributed by atoms with Crippen molar-refractivity contribution in [3.63, 3.8) is 0 Å². The lowest BCUT2D eigenvalue weighted by molar-refractivity contribution is -0.115. The van der Waals surface area contributed by atoms with Crippen molar-refractivity contribution in [2.75, 3.05) is 11.9 Å². The molecule has 2 aromatic heterocycles. The normalized spacial score (nSPS) is 10.8. The number of nitrogens with zero attached hydrogens (tertiary/aromatic N) is 2. The van der Waals surface area contributed by atoms with Gasteiger partial charge in [-0.1, -0.05) is 35.2 Å². The fourth-order valence-corrected chi connectivity index (χ4v) is 3.60. The minimum absolute atomic E-state index is 0.0464. The molecule has 0 aliphatic heterocycles. The molecule has 3 rings (SSSR count). The molecule has 1 aromatic carbocycles. The maximum absolute atomic E-state index is 12.4. The zero-order chi connectivity index (χ0) is 19.6. The van der Waals surface area contributed by atoms with Gasteiger partial charge >= 0.3 is 5.97 Å². The van der Waals surface area contributed by atoms with E-state index in [0.717, 1.165) is 27.8 Å². The Morgan fingerprint density at radius 3 is 2.85 bits per heavy atom. The van der Waals surface area contributed by atoms with Crippen LogP contribution in [0.25, 0.3) is 11.0 Å². The van der Waals surface area contributed by atoms with Crippen molar-refractivity contribution in [1.82, 2.24) is 10.1 Å². The molecule has 0 atom stereocenters. The molecule has 7 nitrogen and oxygen atoms in total. The van der Waals surface area contributed by atoms with Gasteiger partial charge in [-0.05, 0) is 38.0 Å². The predicted octanol–water partition coefficient (Wildman–Crippen LogP) is 3.73. The first kappa shape index (κ1) is 18.8. The van der Waals surface area contributed by atoms with Crippen LogP contribution in [0.15, 0.2) is 29.3 Å². The summed E-state index contributed by atoms with van der Waals surface area (Å²) in [6, 6.07) is 3.95. The molecule has 0 unspecified atom stereocenters. The third kappa shape index (κ3) is 4.06. The Labute approximate surface area is 160 Å². The van der Waals surface area contributed by atoms with Crippen LogP contribution >= 0.6 is 11.3 Å². The summed E-state index contributed by atoms with van der Waals surface area (Å²) in [5.41, 5.74) is 3.79. The van der Waals surface area contributed by atoms with Gasteiger partial charge in [-0.15, -0.1) is 0 Å². The minimum Gasteiger partial charge on any atom is -0.457 e. The SMILES string of the molecule is C=CCOC(=O)c1sc(NC(=O)Cc2noc3c(C)cc(C)cc23)nc1C. The van der Waals surface area contributed by atoms with Crippen molar-refractivity contribution in [3.05, 3.63) is 52.2 Å². The van der Waals surface area contributed by atoms with Gasteiger partial charge in [0.15, 0.2) is 10.7 Å². The Balaban J connectivity index is 1.73. The highest BCUT2D eigenvalue weighted by atomic mass is 32.1. The maximum atomic E-state index is 12.4. The van der Waals surface area contributed by atoms with Crippen molar-refractivity contribution in [3.8, 4) is 0 Å². The molecular formula is C19H19N3O4S. The summed E-state index contributed by atoms with van der Waals surface area (Å²) in [6.07, 6.45) is 1.54. The average molecular weight is 385 g/mol. The Bertz CT molecular complexity index is 1040. The van der Waals surface area contributed by atoms with E-state index < -0.39 is 5.97 Å². The zero-order valence-corrected chi connectivity index (χ0v) is 16.1. The van der Waals surface area contributed by atoms with E-state index >= 15 is 0 Å². The molecule has 140 valence electrons. The predicted molar refractivity (Wildman–Crippen MR) is 103 cm³/mol. The summed E-state index contributed by atoms with van der Waals surface area (Å²) >= 11 is 1.07. The first-order valence-electron chi connectivity index (χ1n) is 8.30. The fourth-order valence-electron chi connectivity index (χ4n) is 2.72. The standard InChI is InChI=1S/C19H19N3O4S/c1-5-6-25-18(24)17-12(4)20-19(27-17)21-15(23)9-14-13-8-10(2)7-11(3)16(13)26-22-14/h5,7-8H,1,6,9H2,2-4H3,(H,20,21,23). The summed E-state index contributed by atoms with van der Waals surface area (Å²) < 4.78 is 10.4. The van der Waals surface area contributed by atoms with Crippen LogP contribution in [0.5, 0.6) is 0 Å². The van der Waals surface area contributed by atoms with Gasteiger partial charge in [0.2, 0.25) is 5.91 Å². The molecule has 0 radical (unpaired) electrons. The van der Waals surface area contributed by atoms with E-state index in [1.54, 1.807) is 6.92 Å². The molecule has 3 aromatic rings. The number of thiazole rings is 1. The van der Waals surface area contributed by atoms with Crippen LogP contribution in [-0.2, 0) is 16.0 Å². The second-order valence-electron chi connectivity index (χ2n) is 6.13. The van der Waals surface area contributed by atoms with Gasteiger partial charge < -0.3 is 14.6 Å². The van der Waals surface area contributed by atoms with Crippen LogP contribution in [0.3, 0.4) is 0 Å². The van der Waals surface area contributed by atoms with Gasteiger partial charge in [0.05, 0.1) is 12.1 Å². The lowest BCUT2D eigenvalue weighted by Gasteiger charge is -2.01. The van der Waals surface area contributed by atoms with E-state index in [2.05, 4.69) is 22.0 Å². The molecule has 0 saturated carbocycles. The summed E-state index contributed by atoms with van der Waals surface area (Å²) in [7, 11) is 0. The molecule has 0 bridgehead atoms. The third-order valence-electron chi connectivity index (χ3n) is 3.87. The number of ether oxygens (including phenoxy) is 1. The number of nitrogens with one attached hydrogen (secondary N) is 1. The molecule has 8 heteroatoms. The number of esters is 1. The molecule has 0 spiro atoms. The number of benzene rings is 1. The van der Waals surface area contributed by atoms with Crippen molar-refractivity contribution >= 4 is 39.3 Å².